The minimum absolute atomic E-state index is 0.0187. The van der Waals surface area contributed by atoms with Crippen LogP contribution in [0.5, 0.6) is 0 Å². The molecule has 0 saturated heterocycles. The summed E-state index contributed by atoms with van der Waals surface area (Å²) in [6.07, 6.45) is 4.39. The number of aromatic nitrogens is 2. The Labute approximate surface area is 107 Å². The molecule has 1 aliphatic rings. The highest BCUT2D eigenvalue weighted by atomic mass is 16.3. The summed E-state index contributed by atoms with van der Waals surface area (Å²) in [6, 6.07) is 6.46. The van der Waals surface area contributed by atoms with E-state index < -0.39 is 0 Å². The van der Waals surface area contributed by atoms with Gasteiger partial charge in [0.25, 0.3) is 0 Å². The van der Waals surface area contributed by atoms with Gasteiger partial charge in [0.2, 0.25) is 0 Å². The molecule has 1 aliphatic carbocycles. The highest BCUT2D eigenvalue weighted by molar-refractivity contribution is 5.77. The molecule has 1 saturated carbocycles. The van der Waals surface area contributed by atoms with Crippen molar-refractivity contribution < 1.29 is 5.11 Å². The van der Waals surface area contributed by atoms with Crippen molar-refractivity contribution in [2.24, 2.45) is 7.05 Å². The van der Waals surface area contributed by atoms with E-state index >= 15 is 0 Å². The molecule has 1 aromatic carbocycles. The van der Waals surface area contributed by atoms with Crippen LogP contribution in [0.25, 0.3) is 11.0 Å². The van der Waals surface area contributed by atoms with E-state index in [0.717, 1.165) is 30.6 Å². The van der Waals surface area contributed by atoms with Gasteiger partial charge < -0.3 is 9.67 Å². The normalized spacial score (nSPS) is 17.9. The molecule has 0 atom stereocenters. The quantitative estimate of drug-likeness (QED) is 0.901. The molecule has 18 heavy (non-hydrogen) atoms. The molecule has 1 fully saturated rings. The predicted molar refractivity (Wildman–Crippen MR) is 72.7 cm³/mol. The van der Waals surface area contributed by atoms with Gasteiger partial charge in [0.1, 0.15) is 5.82 Å². The van der Waals surface area contributed by atoms with Crippen molar-refractivity contribution in [3.63, 3.8) is 0 Å². The molecule has 2 aromatic rings. The zero-order valence-electron chi connectivity index (χ0n) is 11.1. The maximum absolute atomic E-state index is 9.66. The number of hydrogen-bond donors (Lipinski definition) is 1. The average Bonchev–Trinajstić information content (AvgIpc) is 2.66. The number of hydrogen-bond acceptors (Lipinski definition) is 2. The van der Waals surface area contributed by atoms with Crippen molar-refractivity contribution in [2.75, 3.05) is 6.61 Å². The Morgan fingerprint density at radius 2 is 2.17 bits per heavy atom. The van der Waals surface area contributed by atoms with Crippen molar-refractivity contribution in [1.29, 1.82) is 0 Å². The number of aliphatic hydroxyl groups is 1. The van der Waals surface area contributed by atoms with Gasteiger partial charge in [-0.05, 0) is 30.5 Å². The van der Waals surface area contributed by atoms with Gasteiger partial charge in [0.05, 0.1) is 17.6 Å². The molecule has 1 aromatic heterocycles. The molecule has 3 nitrogen and oxygen atoms in total. The standard InChI is InChI=1S/C15H20N2O/c1-3-14-16-12-6-5-11(9-13(12)17(14)2)15(10-18)7-4-8-15/h5-6,9,18H,3-4,7-8,10H2,1-2H3. The SMILES string of the molecule is CCc1nc2ccc(C3(CO)CCC3)cc2n1C. The van der Waals surface area contributed by atoms with E-state index in [9.17, 15) is 5.11 Å². The number of rotatable bonds is 3. The summed E-state index contributed by atoms with van der Waals surface area (Å²) >= 11 is 0. The highest BCUT2D eigenvalue weighted by Crippen LogP contribution is 2.43. The van der Waals surface area contributed by atoms with Crippen molar-refractivity contribution in [3.05, 3.63) is 29.6 Å². The Kier molecular flexibility index (Phi) is 2.67. The molecule has 1 heterocycles. The lowest BCUT2D eigenvalue weighted by Crippen LogP contribution is -2.37. The number of aliphatic hydroxyl groups excluding tert-OH is 1. The van der Waals surface area contributed by atoms with E-state index in [1.54, 1.807) is 0 Å². The summed E-state index contributed by atoms with van der Waals surface area (Å²) in [4.78, 5) is 4.62. The Bertz CT molecular complexity index is 576. The summed E-state index contributed by atoms with van der Waals surface area (Å²) in [5.41, 5.74) is 3.54. The fourth-order valence-electron chi connectivity index (χ4n) is 3.03. The topological polar surface area (TPSA) is 38.1 Å². The number of imidazole rings is 1. The second kappa shape index (κ2) is 4.09. The molecule has 96 valence electrons. The second-order valence-electron chi connectivity index (χ2n) is 5.44. The Hall–Kier alpha value is -1.35. The highest BCUT2D eigenvalue weighted by Gasteiger charge is 2.38. The fourth-order valence-corrected chi connectivity index (χ4v) is 3.03. The van der Waals surface area contributed by atoms with Crippen LogP contribution >= 0.6 is 0 Å². The van der Waals surface area contributed by atoms with Gasteiger partial charge in [-0.15, -0.1) is 0 Å². The summed E-state index contributed by atoms with van der Waals surface area (Å²) < 4.78 is 2.17. The van der Waals surface area contributed by atoms with Gasteiger partial charge in [0, 0.05) is 18.9 Å². The molecule has 0 aliphatic heterocycles. The van der Waals surface area contributed by atoms with E-state index in [0.29, 0.717) is 0 Å². The lowest BCUT2D eigenvalue weighted by molar-refractivity contribution is 0.120. The summed E-state index contributed by atoms with van der Waals surface area (Å²) in [7, 11) is 2.07. The van der Waals surface area contributed by atoms with E-state index in [2.05, 4.69) is 41.7 Å². The maximum atomic E-state index is 9.66. The molecule has 0 unspecified atom stereocenters. The Morgan fingerprint density at radius 1 is 1.39 bits per heavy atom. The maximum Gasteiger partial charge on any atom is 0.109 e. The molecule has 0 spiro atoms. The summed E-state index contributed by atoms with van der Waals surface area (Å²) in [6.45, 7) is 2.39. The lowest BCUT2D eigenvalue weighted by atomic mass is 9.65. The number of nitrogens with zero attached hydrogens (tertiary/aromatic N) is 2. The molecular weight excluding hydrogens is 224 g/mol. The van der Waals surface area contributed by atoms with E-state index in [1.165, 1.54) is 17.5 Å². The number of fused-ring (bicyclic) bond motifs is 1. The van der Waals surface area contributed by atoms with Gasteiger partial charge in [-0.25, -0.2) is 4.98 Å². The Balaban J connectivity index is 2.13. The first-order valence-electron chi connectivity index (χ1n) is 6.77. The summed E-state index contributed by atoms with van der Waals surface area (Å²) in [5.74, 6) is 1.12. The zero-order valence-corrected chi connectivity index (χ0v) is 11.1. The van der Waals surface area contributed by atoms with Crippen LogP contribution in [0.4, 0.5) is 0 Å². The van der Waals surface area contributed by atoms with Crippen molar-refractivity contribution in [2.45, 2.75) is 38.0 Å². The first-order chi connectivity index (χ1) is 8.70. The third-order valence-corrected chi connectivity index (χ3v) is 4.52. The molecular formula is C15H20N2O. The van der Waals surface area contributed by atoms with Crippen LogP contribution in [0.2, 0.25) is 0 Å². The molecule has 1 N–H and O–H groups in total. The first kappa shape index (κ1) is 11.7. The van der Waals surface area contributed by atoms with Gasteiger partial charge in [-0.2, -0.15) is 0 Å². The summed E-state index contributed by atoms with van der Waals surface area (Å²) in [5, 5.41) is 9.66. The molecule has 3 heteroatoms. The molecule has 3 rings (SSSR count). The number of aryl methyl sites for hydroxylation is 2. The zero-order chi connectivity index (χ0) is 12.8. The van der Waals surface area contributed by atoms with Crippen LogP contribution in [0.1, 0.15) is 37.6 Å². The number of benzene rings is 1. The predicted octanol–water partition coefficient (Wildman–Crippen LogP) is 2.55. The molecule has 0 amide bonds. The minimum Gasteiger partial charge on any atom is -0.395 e. The monoisotopic (exact) mass is 244 g/mol. The van der Waals surface area contributed by atoms with Crippen LogP contribution in [-0.2, 0) is 18.9 Å². The van der Waals surface area contributed by atoms with Crippen molar-refractivity contribution in [1.82, 2.24) is 9.55 Å². The van der Waals surface area contributed by atoms with Crippen molar-refractivity contribution in [3.8, 4) is 0 Å². The molecule has 0 bridgehead atoms. The van der Waals surface area contributed by atoms with Gasteiger partial charge in [-0.1, -0.05) is 19.4 Å². The smallest absolute Gasteiger partial charge is 0.109 e. The van der Waals surface area contributed by atoms with Crippen LogP contribution in [0, 0.1) is 0 Å². The average molecular weight is 244 g/mol. The minimum atomic E-state index is 0.0187. The van der Waals surface area contributed by atoms with Crippen molar-refractivity contribution >= 4 is 11.0 Å². The van der Waals surface area contributed by atoms with Crippen LogP contribution in [0.3, 0.4) is 0 Å². The first-order valence-corrected chi connectivity index (χ1v) is 6.77. The van der Waals surface area contributed by atoms with E-state index in [4.69, 9.17) is 0 Å². The largest absolute Gasteiger partial charge is 0.395 e. The fraction of sp³-hybridized carbons (Fsp3) is 0.533. The molecule has 0 radical (unpaired) electrons. The van der Waals surface area contributed by atoms with Crippen LogP contribution < -0.4 is 0 Å². The van der Waals surface area contributed by atoms with E-state index in [1.807, 2.05) is 0 Å². The van der Waals surface area contributed by atoms with Gasteiger partial charge in [-0.3, -0.25) is 0 Å². The second-order valence-corrected chi connectivity index (χ2v) is 5.44. The van der Waals surface area contributed by atoms with Crippen LogP contribution in [0.15, 0.2) is 18.2 Å². The Morgan fingerprint density at radius 3 is 2.72 bits per heavy atom. The third-order valence-electron chi connectivity index (χ3n) is 4.52. The van der Waals surface area contributed by atoms with Gasteiger partial charge in [0.15, 0.2) is 0 Å². The van der Waals surface area contributed by atoms with Crippen LogP contribution in [-0.4, -0.2) is 21.3 Å². The van der Waals surface area contributed by atoms with Gasteiger partial charge >= 0.3 is 0 Å². The third kappa shape index (κ3) is 1.50. The van der Waals surface area contributed by atoms with E-state index in [-0.39, 0.29) is 12.0 Å². The lowest BCUT2D eigenvalue weighted by Gasteiger charge is -2.40.